The summed E-state index contributed by atoms with van der Waals surface area (Å²) in [5, 5.41) is 8.79. The molecule has 0 bridgehead atoms. The Hall–Kier alpha value is -1.26. The Morgan fingerprint density at radius 1 is 1.07 bits per heavy atom. The summed E-state index contributed by atoms with van der Waals surface area (Å²) >= 11 is 0. The Morgan fingerprint density at radius 3 is 1.87 bits per heavy atom. The topological polar surface area (TPSA) is 98.3 Å². The van der Waals surface area contributed by atoms with Crippen molar-refractivity contribution in [1.29, 1.82) is 0 Å². The first-order valence-electron chi connectivity index (χ1n) is 5.14. The third kappa shape index (κ3) is 4.18. The fraction of sp³-hybridized carbons (Fsp3) is 0.455. The summed E-state index contributed by atoms with van der Waals surface area (Å²) in [7, 11) is 0. The van der Waals surface area contributed by atoms with Gasteiger partial charge in [0.2, 0.25) is 0 Å². The van der Waals surface area contributed by atoms with E-state index in [1.54, 1.807) is 24.3 Å². The minimum Gasteiger partial charge on any atom is -0.506 e. The smallest absolute Gasteiger partial charge is 0.138 e. The van der Waals surface area contributed by atoms with Crippen LogP contribution in [0.3, 0.4) is 0 Å². The molecular formula is C11H19N3O. The van der Waals surface area contributed by atoms with Crippen LogP contribution in [0.15, 0.2) is 24.3 Å². The molecule has 1 aliphatic rings. The van der Waals surface area contributed by atoms with Crippen LogP contribution in [0.4, 0.5) is 5.69 Å². The molecule has 2 rings (SSSR count). The van der Waals surface area contributed by atoms with E-state index in [4.69, 9.17) is 22.3 Å². The lowest BCUT2D eigenvalue weighted by Crippen LogP contribution is -2.20. The zero-order valence-corrected chi connectivity index (χ0v) is 8.76. The minimum absolute atomic E-state index is 0.146. The maximum atomic E-state index is 8.79. The number of nitrogen functional groups attached to an aromatic ring is 1. The normalized spacial score (nSPS) is 24.4. The fourth-order valence-electron chi connectivity index (χ4n) is 1.54. The number of hydrogen-bond donors (Lipinski definition) is 4. The van der Waals surface area contributed by atoms with Crippen molar-refractivity contribution in [2.75, 3.05) is 5.73 Å². The Bertz CT molecular complexity index is 275. The molecule has 84 valence electrons. The van der Waals surface area contributed by atoms with Gasteiger partial charge in [0.1, 0.15) is 5.75 Å². The maximum Gasteiger partial charge on any atom is 0.138 e. The lowest BCUT2D eigenvalue weighted by Gasteiger charge is -1.97. The summed E-state index contributed by atoms with van der Waals surface area (Å²) in [5.74, 6) is 0.146. The molecule has 7 N–H and O–H groups in total. The van der Waals surface area contributed by atoms with E-state index < -0.39 is 0 Å². The SMILES string of the molecule is N[C@@H]1CC[C@H](N)C1.Nc1ccccc1O. The summed E-state index contributed by atoms with van der Waals surface area (Å²) in [6, 6.07) is 7.50. The molecule has 1 aliphatic carbocycles. The summed E-state index contributed by atoms with van der Waals surface area (Å²) in [4.78, 5) is 0. The third-order valence-electron chi connectivity index (χ3n) is 2.45. The Labute approximate surface area is 90.1 Å². The van der Waals surface area contributed by atoms with Crippen molar-refractivity contribution < 1.29 is 5.11 Å². The van der Waals surface area contributed by atoms with Gasteiger partial charge in [-0.1, -0.05) is 12.1 Å². The van der Waals surface area contributed by atoms with Crippen LogP contribution in [-0.4, -0.2) is 17.2 Å². The number of phenolic OH excluding ortho intramolecular Hbond substituents is 1. The lowest BCUT2D eigenvalue weighted by atomic mass is 10.2. The molecule has 0 aliphatic heterocycles. The van der Waals surface area contributed by atoms with Crippen molar-refractivity contribution in [2.24, 2.45) is 11.5 Å². The summed E-state index contributed by atoms with van der Waals surface area (Å²) in [6.07, 6.45) is 3.28. The molecule has 0 spiro atoms. The molecule has 1 aromatic rings. The fourth-order valence-corrected chi connectivity index (χ4v) is 1.54. The van der Waals surface area contributed by atoms with E-state index >= 15 is 0 Å². The zero-order chi connectivity index (χ0) is 11.3. The molecule has 0 unspecified atom stereocenters. The first-order chi connectivity index (χ1) is 7.09. The molecular weight excluding hydrogens is 190 g/mol. The van der Waals surface area contributed by atoms with Gasteiger partial charge >= 0.3 is 0 Å². The number of benzene rings is 1. The van der Waals surface area contributed by atoms with Gasteiger partial charge in [0.05, 0.1) is 5.69 Å². The van der Waals surface area contributed by atoms with Gasteiger partial charge in [0, 0.05) is 12.1 Å². The van der Waals surface area contributed by atoms with E-state index in [2.05, 4.69) is 0 Å². The van der Waals surface area contributed by atoms with Crippen LogP contribution < -0.4 is 17.2 Å². The molecule has 4 heteroatoms. The molecule has 15 heavy (non-hydrogen) atoms. The average molecular weight is 209 g/mol. The van der Waals surface area contributed by atoms with E-state index in [1.807, 2.05) is 0 Å². The van der Waals surface area contributed by atoms with Crippen molar-refractivity contribution in [2.45, 2.75) is 31.3 Å². The van der Waals surface area contributed by atoms with Gasteiger partial charge in [-0.05, 0) is 31.4 Å². The van der Waals surface area contributed by atoms with Gasteiger partial charge in [-0.25, -0.2) is 0 Å². The standard InChI is InChI=1S/C6H7NO.C5H12N2/c7-5-3-1-2-4-6(5)8;6-4-1-2-5(7)3-4/h1-4,8H,7H2;4-5H,1-3,6-7H2/t;4-,5+. The Morgan fingerprint density at radius 2 is 1.60 bits per heavy atom. The largest absolute Gasteiger partial charge is 0.506 e. The molecule has 0 saturated heterocycles. The highest BCUT2D eigenvalue weighted by Gasteiger charge is 2.16. The van der Waals surface area contributed by atoms with Gasteiger partial charge in [0.15, 0.2) is 0 Å². The predicted molar refractivity (Wildman–Crippen MR) is 62.3 cm³/mol. The summed E-state index contributed by atoms with van der Waals surface area (Å²) < 4.78 is 0. The van der Waals surface area contributed by atoms with Gasteiger partial charge in [-0.15, -0.1) is 0 Å². The number of aromatic hydroxyl groups is 1. The second-order valence-electron chi connectivity index (χ2n) is 3.89. The Balaban J connectivity index is 0.000000151. The first-order valence-corrected chi connectivity index (χ1v) is 5.14. The van der Waals surface area contributed by atoms with Crippen molar-refractivity contribution in [1.82, 2.24) is 0 Å². The van der Waals surface area contributed by atoms with Crippen LogP contribution in [0.1, 0.15) is 19.3 Å². The van der Waals surface area contributed by atoms with Crippen LogP contribution >= 0.6 is 0 Å². The predicted octanol–water partition coefficient (Wildman–Crippen LogP) is 0.799. The second-order valence-corrected chi connectivity index (χ2v) is 3.89. The highest BCUT2D eigenvalue weighted by molar-refractivity contribution is 5.50. The Kier molecular flexibility index (Phi) is 4.39. The second kappa shape index (κ2) is 5.58. The van der Waals surface area contributed by atoms with Crippen molar-refractivity contribution >= 4 is 5.69 Å². The van der Waals surface area contributed by atoms with E-state index in [0.717, 1.165) is 19.3 Å². The highest BCUT2D eigenvalue weighted by atomic mass is 16.3. The van der Waals surface area contributed by atoms with Gasteiger partial charge < -0.3 is 22.3 Å². The quantitative estimate of drug-likeness (QED) is 0.375. The number of hydrogen-bond acceptors (Lipinski definition) is 4. The van der Waals surface area contributed by atoms with Crippen LogP contribution in [0, 0.1) is 0 Å². The third-order valence-corrected chi connectivity index (χ3v) is 2.45. The van der Waals surface area contributed by atoms with Crippen LogP contribution in [0.5, 0.6) is 5.75 Å². The molecule has 2 atom stereocenters. The monoisotopic (exact) mass is 209 g/mol. The maximum absolute atomic E-state index is 8.79. The number of anilines is 1. The molecule has 0 aromatic heterocycles. The van der Waals surface area contributed by atoms with Gasteiger partial charge in [-0.3, -0.25) is 0 Å². The zero-order valence-electron chi connectivity index (χ0n) is 8.76. The summed E-state index contributed by atoms with van der Waals surface area (Å²) in [5.41, 5.74) is 16.8. The van der Waals surface area contributed by atoms with Crippen molar-refractivity contribution in [3.8, 4) is 5.75 Å². The number of para-hydroxylation sites is 2. The van der Waals surface area contributed by atoms with E-state index in [9.17, 15) is 0 Å². The van der Waals surface area contributed by atoms with Gasteiger partial charge in [-0.2, -0.15) is 0 Å². The van der Waals surface area contributed by atoms with Gasteiger partial charge in [0.25, 0.3) is 0 Å². The molecule has 1 fully saturated rings. The van der Waals surface area contributed by atoms with Crippen molar-refractivity contribution in [3.63, 3.8) is 0 Å². The number of rotatable bonds is 0. The molecule has 4 nitrogen and oxygen atoms in total. The van der Waals surface area contributed by atoms with E-state index in [1.165, 1.54) is 0 Å². The molecule has 1 aromatic carbocycles. The van der Waals surface area contributed by atoms with E-state index in [0.29, 0.717) is 17.8 Å². The number of phenols is 1. The first kappa shape index (κ1) is 11.8. The minimum atomic E-state index is 0.146. The van der Waals surface area contributed by atoms with Crippen LogP contribution in [0.2, 0.25) is 0 Å². The van der Waals surface area contributed by atoms with Crippen LogP contribution in [-0.2, 0) is 0 Å². The molecule has 0 amide bonds. The molecule has 1 saturated carbocycles. The highest BCUT2D eigenvalue weighted by Crippen LogP contribution is 2.16. The van der Waals surface area contributed by atoms with Crippen LogP contribution in [0.25, 0.3) is 0 Å². The lowest BCUT2D eigenvalue weighted by molar-refractivity contribution is 0.478. The van der Waals surface area contributed by atoms with E-state index in [-0.39, 0.29) is 5.75 Å². The average Bonchev–Trinajstić information content (AvgIpc) is 2.56. The summed E-state index contributed by atoms with van der Waals surface area (Å²) in [6.45, 7) is 0. The van der Waals surface area contributed by atoms with Crippen molar-refractivity contribution in [3.05, 3.63) is 24.3 Å². The number of nitrogens with two attached hydrogens (primary N) is 3. The molecule has 0 heterocycles. The molecule has 0 radical (unpaired) electrons.